The van der Waals surface area contributed by atoms with E-state index in [0.717, 1.165) is 25.8 Å². The first-order chi connectivity index (χ1) is 8.50. The molecule has 0 aromatic carbocycles. The average Bonchev–Trinajstić information content (AvgIpc) is 2.89. The molecule has 0 bridgehead atoms. The highest BCUT2D eigenvalue weighted by molar-refractivity contribution is 7.89. The third-order valence-corrected chi connectivity index (χ3v) is 5.01. The number of rotatable bonds is 5. The van der Waals surface area contributed by atoms with Crippen LogP contribution < -0.4 is 10.0 Å². The van der Waals surface area contributed by atoms with E-state index >= 15 is 0 Å². The fourth-order valence-electron chi connectivity index (χ4n) is 2.14. The summed E-state index contributed by atoms with van der Waals surface area (Å²) in [6, 6.07) is 0.412. The van der Waals surface area contributed by atoms with Gasteiger partial charge in [0.05, 0.1) is 11.2 Å². The van der Waals surface area contributed by atoms with Gasteiger partial charge < -0.3 is 5.32 Å². The van der Waals surface area contributed by atoms with Gasteiger partial charge in [-0.2, -0.15) is 5.10 Å². The van der Waals surface area contributed by atoms with E-state index in [1.807, 2.05) is 0 Å². The van der Waals surface area contributed by atoms with E-state index in [1.165, 1.54) is 10.9 Å². The molecule has 1 aromatic heterocycles. The van der Waals surface area contributed by atoms with Gasteiger partial charge in [0.1, 0.15) is 0 Å². The molecule has 1 saturated heterocycles. The molecule has 0 saturated carbocycles. The monoisotopic (exact) mass is 328 g/mol. The molecule has 1 fully saturated rings. The van der Waals surface area contributed by atoms with E-state index in [4.69, 9.17) is 11.6 Å². The third-order valence-electron chi connectivity index (χ3n) is 3.04. The Morgan fingerprint density at radius 2 is 2.37 bits per heavy atom. The predicted molar refractivity (Wildman–Crippen MR) is 76.3 cm³/mol. The lowest BCUT2D eigenvalue weighted by atomic mass is 10.2. The van der Waals surface area contributed by atoms with Gasteiger partial charge in [0.25, 0.3) is 10.0 Å². The Balaban J connectivity index is 0.00000180. The first-order valence-corrected chi connectivity index (χ1v) is 7.77. The van der Waals surface area contributed by atoms with Crippen LogP contribution in [0.5, 0.6) is 0 Å². The summed E-state index contributed by atoms with van der Waals surface area (Å²) in [6.07, 6.45) is 4.38. The lowest BCUT2D eigenvalue weighted by Gasteiger charge is -2.11. The summed E-state index contributed by atoms with van der Waals surface area (Å²) in [7, 11) is -2.02. The largest absolute Gasteiger partial charge is 0.314 e. The van der Waals surface area contributed by atoms with Crippen molar-refractivity contribution >= 4 is 34.0 Å². The van der Waals surface area contributed by atoms with E-state index < -0.39 is 10.0 Å². The SMILES string of the molecule is Cl.Cn1ncc(Cl)c1S(=O)(=O)NCC[C@H]1CCCN1. The highest BCUT2D eigenvalue weighted by atomic mass is 35.5. The molecule has 2 rings (SSSR count). The fourth-order valence-corrected chi connectivity index (χ4v) is 3.84. The van der Waals surface area contributed by atoms with Crippen molar-refractivity contribution in [1.82, 2.24) is 19.8 Å². The molecule has 0 radical (unpaired) electrons. The average molecular weight is 329 g/mol. The lowest BCUT2D eigenvalue weighted by molar-refractivity contribution is 0.533. The molecule has 1 aliphatic rings. The van der Waals surface area contributed by atoms with Gasteiger partial charge in [0, 0.05) is 19.6 Å². The molecule has 6 nitrogen and oxygen atoms in total. The van der Waals surface area contributed by atoms with Crippen LogP contribution in [-0.2, 0) is 17.1 Å². The second-order valence-corrected chi connectivity index (χ2v) is 6.49. The quantitative estimate of drug-likeness (QED) is 0.842. The van der Waals surface area contributed by atoms with Gasteiger partial charge >= 0.3 is 0 Å². The minimum atomic E-state index is -3.58. The van der Waals surface area contributed by atoms with Gasteiger partial charge in [-0.15, -0.1) is 12.4 Å². The van der Waals surface area contributed by atoms with Crippen molar-refractivity contribution in [2.24, 2.45) is 7.05 Å². The molecule has 0 amide bonds. The molecule has 1 aromatic rings. The van der Waals surface area contributed by atoms with Crippen molar-refractivity contribution < 1.29 is 8.42 Å². The molecule has 2 N–H and O–H groups in total. The topological polar surface area (TPSA) is 76.0 Å². The van der Waals surface area contributed by atoms with Crippen LogP contribution in [0.3, 0.4) is 0 Å². The molecule has 110 valence electrons. The molecule has 1 aliphatic heterocycles. The Kier molecular flexibility index (Phi) is 6.07. The summed E-state index contributed by atoms with van der Waals surface area (Å²) in [4.78, 5) is 0. The van der Waals surface area contributed by atoms with Crippen LogP contribution in [0.15, 0.2) is 11.2 Å². The molecule has 1 atom stereocenters. The number of halogens is 2. The van der Waals surface area contributed by atoms with E-state index in [2.05, 4.69) is 15.1 Å². The van der Waals surface area contributed by atoms with Gasteiger partial charge in [-0.25, -0.2) is 13.1 Å². The van der Waals surface area contributed by atoms with Crippen molar-refractivity contribution in [2.75, 3.05) is 13.1 Å². The third kappa shape index (κ3) is 4.06. The number of aromatic nitrogens is 2. The van der Waals surface area contributed by atoms with Gasteiger partial charge in [-0.05, 0) is 25.8 Å². The molecular formula is C10H18Cl2N4O2S. The summed E-state index contributed by atoms with van der Waals surface area (Å²) in [5, 5.41) is 7.30. The van der Waals surface area contributed by atoms with E-state index in [0.29, 0.717) is 12.6 Å². The Morgan fingerprint density at radius 3 is 2.89 bits per heavy atom. The van der Waals surface area contributed by atoms with E-state index in [1.54, 1.807) is 7.05 Å². The van der Waals surface area contributed by atoms with Crippen molar-refractivity contribution in [2.45, 2.75) is 30.3 Å². The van der Waals surface area contributed by atoms with Crippen molar-refractivity contribution in [3.05, 3.63) is 11.2 Å². The molecule has 0 unspecified atom stereocenters. The van der Waals surface area contributed by atoms with E-state index in [-0.39, 0.29) is 22.5 Å². The summed E-state index contributed by atoms with van der Waals surface area (Å²) >= 11 is 5.82. The Morgan fingerprint density at radius 1 is 1.63 bits per heavy atom. The summed E-state index contributed by atoms with van der Waals surface area (Å²) in [5.74, 6) is 0. The van der Waals surface area contributed by atoms with Crippen LogP contribution in [0.2, 0.25) is 5.02 Å². The van der Waals surface area contributed by atoms with E-state index in [9.17, 15) is 8.42 Å². The molecule has 0 spiro atoms. The second kappa shape index (κ2) is 6.90. The Bertz CT molecular complexity index is 492. The van der Waals surface area contributed by atoms with Gasteiger partial charge in [-0.3, -0.25) is 4.68 Å². The summed E-state index contributed by atoms with van der Waals surface area (Å²) in [6.45, 7) is 1.42. The second-order valence-electron chi connectivity index (χ2n) is 4.40. The van der Waals surface area contributed by atoms with Crippen LogP contribution in [0, 0.1) is 0 Å². The smallest absolute Gasteiger partial charge is 0.259 e. The molecule has 19 heavy (non-hydrogen) atoms. The number of nitrogens with one attached hydrogen (secondary N) is 2. The van der Waals surface area contributed by atoms with Crippen LogP contribution >= 0.6 is 24.0 Å². The maximum Gasteiger partial charge on any atom is 0.259 e. The van der Waals surface area contributed by atoms with Crippen LogP contribution in [0.4, 0.5) is 0 Å². The van der Waals surface area contributed by atoms with Crippen molar-refractivity contribution in [3.8, 4) is 0 Å². The lowest BCUT2D eigenvalue weighted by Crippen LogP contribution is -2.31. The zero-order chi connectivity index (χ0) is 13.2. The fraction of sp³-hybridized carbons (Fsp3) is 0.700. The molecule has 0 aliphatic carbocycles. The maximum atomic E-state index is 12.0. The minimum absolute atomic E-state index is 0. The highest BCUT2D eigenvalue weighted by Crippen LogP contribution is 2.19. The summed E-state index contributed by atoms with van der Waals surface area (Å²) < 4.78 is 27.9. The standard InChI is InChI=1S/C10H17ClN4O2S.ClH/c1-15-10(9(11)7-13-15)18(16,17)14-6-4-8-3-2-5-12-8;/h7-8,12,14H,2-6H2,1H3;1H/t8-;/m1./s1. The van der Waals surface area contributed by atoms with Gasteiger partial charge in [0.2, 0.25) is 0 Å². The molecular weight excluding hydrogens is 311 g/mol. The van der Waals surface area contributed by atoms with Crippen LogP contribution in [0.1, 0.15) is 19.3 Å². The maximum absolute atomic E-state index is 12.0. The number of aryl methyl sites for hydroxylation is 1. The molecule has 2 heterocycles. The highest BCUT2D eigenvalue weighted by Gasteiger charge is 2.23. The zero-order valence-corrected chi connectivity index (χ0v) is 13.0. The molecule has 9 heteroatoms. The normalized spacial score (nSPS) is 19.4. The minimum Gasteiger partial charge on any atom is -0.314 e. The Labute approximate surface area is 124 Å². The number of hydrogen-bond donors (Lipinski definition) is 2. The van der Waals surface area contributed by atoms with Gasteiger partial charge in [-0.1, -0.05) is 11.6 Å². The number of sulfonamides is 1. The summed E-state index contributed by atoms with van der Waals surface area (Å²) in [5.41, 5.74) is 0. The van der Waals surface area contributed by atoms with Crippen molar-refractivity contribution in [1.29, 1.82) is 0 Å². The van der Waals surface area contributed by atoms with Crippen molar-refractivity contribution in [3.63, 3.8) is 0 Å². The number of hydrogen-bond acceptors (Lipinski definition) is 4. The first kappa shape index (κ1) is 16.7. The zero-order valence-electron chi connectivity index (χ0n) is 10.6. The Hall–Kier alpha value is -0.340. The number of nitrogens with zero attached hydrogens (tertiary/aromatic N) is 2. The first-order valence-electron chi connectivity index (χ1n) is 5.91. The van der Waals surface area contributed by atoms with Gasteiger partial charge in [0.15, 0.2) is 5.03 Å². The predicted octanol–water partition coefficient (Wildman–Crippen LogP) is 0.916. The van der Waals surface area contributed by atoms with Crippen LogP contribution in [-0.4, -0.2) is 37.3 Å². The van der Waals surface area contributed by atoms with Crippen LogP contribution in [0.25, 0.3) is 0 Å².